The maximum absolute atomic E-state index is 11.8. The Morgan fingerprint density at radius 2 is 1.70 bits per heavy atom. The monoisotopic (exact) mass is 378 g/mol. The van der Waals surface area contributed by atoms with Crippen LogP contribution < -0.4 is 10.4 Å². The highest BCUT2D eigenvalue weighted by Crippen LogP contribution is 2.16. The smallest absolute Gasteiger partial charge is 0.379 e. The van der Waals surface area contributed by atoms with E-state index in [-0.39, 0.29) is 30.9 Å². The molecule has 7 nitrogen and oxygen atoms in total. The summed E-state index contributed by atoms with van der Waals surface area (Å²) in [5.74, 6) is -0.122. The Balaban J connectivity index is 1.53. The predicted octanol–water partition coefficient (Wildman–Crippen LogP) is 2.79. The van der Waals surface area contributed by atoms with Gasteiger partial charge in [-0.25, -0.2) is 4.79 Å². The molecule has 7 heteroatoms. The van der Waals surface area contributed by atoms with Crippen molar-refractivity contribution in [1.29, 1.82) is 0 Å². The number of esters is 1. The predicted molar refractivity (Wildman–Crippen MR) is 100 cm³/mol. The van der Waals surface area contributed by atoms with Crippen LogP contribution in [0.2, 0.25) is 0 Å². The van der Waals surface area contributed by atoms with Crippen LogP contribution in [-0.2, 0) is 19.0 Å². The third-order valence-electron chi connectivity index (χ3n) is 3.95. The van der Waals surface area contributed by atoms with Gasteiger partial charge in [0.2, 0.25) is 5.75 Å². The van der Waals surface area contributed by atoms with Crippen molar-refractivity contribution in [3.63, 3.8) is 0 Å². The summed E-state index contributed by atoms with van der Waals surface area (Å²) in [7, 11) is 0. The summed E-state index contributed by atoms with van der Waals surface area (Å²) in [6, 6.07) is 8.90. The molecule has 2 rings (SSSR count). The average Bonchev–Trinajstić information content (AvgIpc) is 2.68. The van der Waals surface area contributed by atoms with Gasteiger partial charge in [-0.15, -0.1) is 0 Å². The van der Waals surface area contributed by atoms with Gasteiger partial charge >= 0.3 is 11.6 Å². The van der Waals surface area contributed by atoms with Crippen molar-refractivity contribution in [3.05, 3.63) is 40.8 Å². The summed E-state index contributed by atoms with van der Waals surface area (Å²) < 4.78 is 26.4. The first kappa shape index (κ1) is 20.9. The lowest BCUT2D eigenvalue weighted by atomic mass is 10.1. The molecule has 0 radical (unpaired) electrons. The third kappa shape index (κ3) is 7.03. The molecule has 0 aliphatic rings. The van der Waals surface area contributed by atoms with E-state index >= 15 is 0 Å². The molecule has 0 N–H and O–H groups in total. The van der Waals surface area contributed by atoms with Crippen LogP contribution >= 0.6 is 0 Å². The Morgan fingerprint density at radius 1 is 1.04 bits per heavy atom. The topological polar surface area (TPSA) is 84.2 Å². The van der Waals surface area contributed by atoms with Crippen LogP contribution in [0.5, 0.6) is 5.75 Å². The molecule has 0 amide bonds. The summed E-state index contributed by atoms with van der Waals surface area (Å²) in [6.45, 7) is 5.67. The third-order valence-corrected chi connectivity index (χ3v) is 3.95. The lowest BCUT2D eigenvalue weighted by Gasteiger charge is -2.10. The Bertz CT molecular complexity index is 768. The van der Waals surface area contributed by atoms with Crippen molar-refractivity contribution in [2.45, 2.75) is 20.3 Å². The number of rotatable bonds is 12. The second-order valence-electron chi connectivity index (χ2n) is 5.99. The molecule has 0 fully saturated rings. The first-order valence-corrected chi connectivity index (χ1v) is 9.09. The second kappa shape index (κ2) is 11.4. The number of ether oxygens (including phenoxy) is 4. The van der Waals surface area contributed by atoms with Crippen LogP contribution in [0.4, 0.5) is 0 Å². The number of carbonyl (C=O) groups excluding carboxylic acids is 1. The number of fused-ring (bicyclic) bond motifs is 1. The van der Waals surface area contributed by atoms with E-state index in [1.54, 1.807) is 18.2 Å². The van der Waals surface area contributed by atoms with Crippen LogP contribution in [0, 0.1) is 5.92 Å². The van der Waals surface area contributed by atoms with Crippen molar-refractivity contribution >= 4 is 16.9 Å². The van der Waals surface area contributed by atoms with Crippen molar-refractivity contribution in [2.75, 3.05) is 39.6 Å². The minimum atomic E-state index is -0.510. The van der Waals surface area contributed by atoms with Crippen molar-refractivity contribution in [2.24, 2.45) is 5.92 Å². The Morgan fingerprint density at radius 3 is 2.44 bits per heavy atom. The van der Waals surface area contributed by atoms with Gasteiger partial charge in [-0.3, -0.25) is 4.79 Å². The van der Waals surface area contributed by atoms with Gasteiger partial charge in [0.05, 0.1) is 32.3 Å². The molecule has 1 aromatic heterocycles. The fourth-order valence-electron chi connectivity index (χ4n) is 2.19. The van der Waals surface area contributed by atoms with E-state index in [1.165, 1.54) is 0 Å². The Labute approximate surface area is 158 Å². The largest absolute Gasteiger partial charge is 0.484 e. The molecule has 1 unspecified atom stereocenters. The van der Waals surface area contributed by atoms with E-state index in [9.17, 15) is 9.59 Å². The van der Waals surface area contributed by atoms with Gasteiger partial charge in [0.15, 0.2) is 0 Å². The highest BCUT2D eigenvalue weighted by atomic mass is 16.6. The minimum absolute atomic E-state index is 0.0848. The SMILES string of the molecule is CCC(C)C(=O)OCCOCCOCCOc1cc2ccccc2oc1=O. The number of para-hydroxylation sites is 1. The summed E-state index contributed by atoms with van der Waals surface area (Å²) in [4.78, 5) is 23.3. The molecular weight excluding hydrogens is 352 g/mol. The van der Waals surface area contributed by atoms with E-state index < -0.39 is 5.63 Å². The molecule has 0 aliphatic heterocycles. The van der Waals surface area contributed by atoms with Crippen LogP contribution in [-0.4, -0.2) is 45.6 Å². The van der Waals surface area contributed by atoms with Crippen molar-refractivity contribution < 1.29 is 28.2 Å². The van der Waals surface area contributed by atoms with Crippen LogP contribution in [0.25, 0.3) is 11.0 Å². The molecule has 1 atom stereocenters. The summed E-state index contributed by atoms with van der Waals surface area (Å²) in [5, 5.41) is 0.801. The second-order valence-corrected chi connectivity index (χ2v) is 5.99. The van der Waals surface area contributed by atoms with Gasteiger partial charge in [0.25, 0.3) is 0 Å². The Hall–Kier alpha value is -2.38. The van der Waals surface area contributed by atoms with E-state index in [2.05, 4.69) is 0 Å². The van der Waals surface area contributed by atoms with E-state index in [1.807, 2.05) is 26.0 Å². The van der Waals surface area contributed by atoms with Crippen LogP contribution in [0.1, 0.15) is 20.3 Å². The summed E-state index contributed by atoms with van der Waals surface area (Å²) in [6.07, 6.45) is 0.761. The number of hydrogen-bond donors (Lipinski definition) is 0. The van der Waals surface area contributed by atoms with Gasteiger partial charge in [-0.05, 0) is 18.6 Å². The van der Waals surface area contributed by atoms with Crippen LogP contribution in [0.15, 0.2) is 39.5 Å². The van der Waals surface area contributed by atoms with Gasteiger partial charge in [-0.1, -0.05) is 32.0 Å². The zero-order valence-corrected chi connectivity index (χ0v) is 15.8. The van der Waals surface area contributed by atoms with E-state index in [0.29, 0.717) is 32.0 Å². The highest BCUT2D eigenvalue weighted by Gasteiger charge is 2.11. The average molecular weight is 378 g/mol. The van der Waals surface area contributed by atoms with Gasteiger partial charge in [-0.2, -0.15) is 0 Å². The molecule has 0 spiro atoms. The first-order chi connectivity index (χ1) is 13.1. The molecule has 2 aromatic rings. The molecular formula is C20H26O7. The van der Waals surface area contributed by atoms with Crippen molar-refractivity contribution in [1.82, 2.24) is 0 Å². The van der Waals surface area contributed by atoms with Gasteiger partial charge in [0.1, 0.15) is 18.8 Å². The maximum Gasteiger partial charge on any atom is 0.379 e. The lowest BCUT2D eigenvalue weighted by Crippen LogP contribution is -2.18. The molecule has 1 heterocycles. The fourth-order valence-corrected chi connectivity index (χ4v) is 2.19. The lowest BCUT2D eigenvalue weighted by molar-refractivity contribution is -0.149. The van der Waals surface area contributed by atoms with Gasteiger partial charge < -0.3 is 23.4 Å². The maximum atomic E-state index is 11.8. The van der Waals surface area contributed by atoms with E-state index in [0.717, 1.165) is 11.8 Å². The van der Waals surface area contributed by atoms with Crippen molar-refractivity contribution in [3.8, 4) is 5.75 Å². The molecule has 27 heavy (non-hydrogen) atoms. The minimum Gasteiger partial charge on any atom is -0.484 e. The zero-order valence-electron chi connectivity index (χ0n) is 15.8. The summed E-state index contributed by atoms with van der Waals surface area (Å²) in [5.41, 5.74) is 0.0158. The summed E-state index contributed by atoms with van der Waals surface area (Å²) >= 11 is 0. The molecule has 0 saturated carbocycles. The quantitative estimate of drug-likeness (QED) is 0.319. The number of carbonyl (C=O) groups is 1. The standard InChI is InChI=1S/C20H26O7/c1-3-15(2)19(21)26-13-11-24-9-8-23-10-12-25-18-14-16-6-4-5-7-17(16)27-20(18)22/h4-7,14-15H,3,8-13H2,1-2H3. The number of hydrogen-bond acceptors (Lipinski definition) is 7. The molecule has 0 aliphatic carbocycles. The first-order valence-electron chi connectivity index (χ1n) is 9.09. The van der Waals surface area contributed by atoms with Gasteiger partial charge in [0, 0.05) is 5.39 Å². The zero-order chi connectivity index (χ0) is 19.5. The fraction of sp³-hybridized carbons (Fsp3) is 0.500. The normalized spacial score (nSPS) is 12.1. The Kier molecular flexibility index (Phi) is 8.80. The molecule has 0 saturated heterocycles. The molecule has 148 valence electrons. The highest BCUT2D eigenvalue weighted by molar-refractivity contribution is 5.77. The van der Waals surface area contributed by atoms with Crippen LogP contribution in [0.3, 0.4) is 0 Å². The van der Waals surface area contributed by atoms with E-state index in [4.69, 9.17) is 23.4 Å². The number of benzene rings is 1. The molecule has 1 aromatic carbocycles. The molecule has 0 bridgehead atoms.